The van der Waals surface area contributed by atoms with Crippen LogP contribution in [-0.2, 0) is 9.59 Å². The number of nitrogens with zero attached hydrogens (tertiary/aromatic N) is 2. The summed E-state index contributed by atoms with van der Waals surface area (Å²) in [5.74, 6) is -0.0935. The minimum Gasteiger partial charge on any atom is -0.507 e. The molecule has 176 valence electrons. The van der Waals surface area contributed by atoms with Crippen molar-refractivity contribution >= 4 is 17.4 Å². The molecule has 1 heterocycles. The molecule has 7 heteroatoms. The van der Waals surface area contributed by atoms with Gasteiger partial charge in [0.15, 0.2) is 0 Å². The fourth-order valence-electron chi connectivity index (χ4n) is 4.10. The van der Waals surface area contributed by atoms with Crippen LogP contribution in [0.5, 0.6) is 11.5 Å². The van der Waals surface area contributed by atoms with Gasteiger partial charge in [-0.25, -0.2) is 0 Å². The van der Waals surface area contributed by atoms with Gasteiger partial charge in [0.25, 0.3) is 11.7 Å². The molecule has 33 heavy (non-hydrogen) atoms. The van der Waals surface area contributed by atoms with Crippen LogP contribution in [0.15, 0.2) is 48.0 Å². The Bertz CT molecular complexity index is 1040. The van der Waals surface area contributed by atoms with Crippen molar-refractivity contribution in [2.75, 3.05) is 40.9 Å². The number of Topliss-reactive ketones (excluding diaryl/α,β-unsaturated/α-hetero) is 1. The largest absolute Gasteiger partial charge is 0.507 e. The predicted octanol–water partition coefficient (Wildman–Crippen LogP) is 3.78. The molecule has 1 saturated heterocycles. The second-order valence-corrected chi connectivity index (χ2v) is 8.33. The highest BCUT2D eigenvalue weighted by atomic mass is 16.5. The number of aliphatic hydroxyl groups excluding tert-OH is 1. The third-order valence-corrected chi connectivity index (χ3v) is 5.74. The number of likely N-dealkylation sites (tertiary alicyclic amines) is 1. The molecule has 0 aromatic heterocycles. The van der Waals surface area contributed by atoms with E-state index in [0.29, 0.717) is 36.6 Å². The Kier molecular flexibility index (Phi) is 7.76. The molecule has 0 aliphatic carbocycles. The molecule has 0 saturated carbocycles. The molecule has 1 unspecified atom stereocenters. The van der Waals surface area contributed by atoms with E-state index in [9.17, 15) is 14.7 Å². The lowest BCUT2D eigenvalue weighted by Crippen LogP contribution is -2.32. The Labute approximate surface area is 195 Å². The van der Waals surface area contributed by atoms with E-state index in [1.807, 2.05) is 51.0 Å². The SMILES string of the molecule is CCOc1ccc(/C(O)=C2\C(=O)C(=O)N(CCCN(C)C)C2c2ccc(OC)cc2)c(C)c1. The molecule has 0 spiro atoms. The van der Waals surface area contributed by atoms with Gasteiger partial charge in [0.1, 0.15) is 17.3 Å². The summed E-state index contributed by atoms with van der Waals surface area (Å²) in [5.41, 5.74) is 2.10. The van der Waals surface area contributed by atoms with E-state index in [1.165, 1.54) is 0 Å². The van der Waals surface area contributed by atoms with E-state index >= 15 is 0 Å². The monoisotopic (exact) mass is 452 g/mol. The van der Waals surface area contributed by atoms with Crippen molar-refractivity contribution in [1.29, 1.82) is 0 Å². The van der Waals surface area contributed by atoms with Crippen molar-refractivity contribution in [2.24, 2.45) is 0 Å². The number of carbonyl (C=O) groups is 2. The van der Waals surface area contributed by atoms with Crippen LogP contribution in [-0.4, -0.2) is 67.5 Å². The van der Waals surface area contributed by atoms with Crippen molar-refractivity contribution in [3.63, 3.8) is 0 Å². The van der Waals surface area contributed by atoms with Gasteiger partial charge in [-0.3, -0.25) is 9.59 Å². The molecule has 3 rings (SSSR count). The van der Waals surface area contributed by atoms with Crippen LogP contribution in [0.2, 0.25) is 0 Å². The van der Waals surface area contributed by atoms with E-state index < -0.39 is 17.7 Å². The van der Waals surface area contributed by atoms with Crippen molar-refractivity contribution < 1.29 is 24.2 Å². The first-order chi connectivity index (χ1) is 15.8. The summed E-state index contributed by atoms with van der Waals surface area (Å²) in [4.78, 5) is 29.8. The molecule has 1 atom stereocenters. The van der Waals surface area contributed by atoms with E-state index in [4.69, 9.17) is 9.47 Å². The van der Waals surface area contributed by atoms with Gasteiger partial charge in [0.05, 0.1) is 25.3 Å². The molecule has 1 aliphatic rings. The lowest BCUT2D eigenvalue weighted by molar-refractivity contribution is -0.139. The molecule has 1 aliphatic heterocycles. The molecular formula is C26H32N2O5. The van der Waals surface area contributed by atoms with E-state index in [0.717, 1.165) is 17.7 Å². The zero-order chi connectivity index (χ0) is 24.1. The normalized spacial score (nSPS) is 17.6. The Morgan fingerprint density at radius 2 is 1.76 bits per heavy atom. The van der Waals surface area contributed by atoms with Crippen molar-refractivity contribution in [3.05, 3.63) is 64.7 Å². The van der Waals surface area contributed by atoms with Gasteiger partial charge in [-0.1, -0.05) is 12.1 Å². The number of methoxy groups -OCH3 is 1. The second kappa shape index (κ2) is 10.5. The number of amides is 1. The molecule has 0 radical (unpaired) electrons. The summed E-state index contributed by atoms with van der Waals surface area (Å²) < 4.78 is 10.8. The summed E-state index contributed by atoms with van der Waals surface area (Å²) >= 11 is 0. The molecule has 2 aromatic rings. The fraction of sp³-hybridized carbons (Fsp3) is 0.385. The summed E-state index contributed by atoms with van der Waals surface area (Å²) in [6.07, 6.45) is 0.703. The van der Waals surface area contributed by atoms with Crippen LogP contribution >= 0.6 is 0 Å². The second-order valence-electron chi connectivity index (χ2n) is 8.33. The Balaban J connectivity index is 2.09. The maximum Gasteiger partial charge on any atom is 0.295 e. The topological polar surface area (TPSA) is 79.3 Å². The number of hydrogen-bond donors (Lipinski definition) is 1. The molecule has 1 fully saturated rings. The number of aryl methyl sites for hydroxylation is 1. The Morgan fingerprint density at radius 1 is 1.09 bits per heavy atom. The Morgan fingerprint density at radius 3 is 2.33 bits per heavy atom. The number of carbonyl (C=O) groups excluding carboxylic acids is 2. The maximum absolute atomic E-state index is 13.1. The van der Waals surface area contributed by atoms with Crippen LogP contribution in [0.3, 0.4) is 0 Å². The molecular weight excluding hydrogens is 420 g/mol. The summed E-state index contributed by atoms with van der Waals surface area (Å²) in [6, 6.07) is 11.8. The number of ether oxygens (including phenoxy) is 2. The smallest absolute Gasteiger partial charge is 0.295 e. The summed E-state index contributed by atoms with van der Waals surface area (Å²) in [7, 11) is 5.50. The molecule has 7 nitrogen and oxygen atoms in total. The van der Waals surface area contributed by atoms with Crippen LogP contribution in [0.1, 0.15) is 36.1 Å². The molecule has 1 N–H and O–H groups in total. The zero-order valence-electron chi connectivity index (χ0n) is 19.9. The fourth-order valence-corrected chi connectivity index (χ4v) is 4.10. The minimum atomic E-state index is -0.677. The van der Waals surface area contributed by atoms with Gasteiger partial charge in [-0.05, 0) is 82.4 Å². The number of rotatable bonds is 9. The summed E-state index contributed by atoms with van der Waals surface area (Å²) in [5, 5.41) is 11.3. The van der Waals surface area contributed by atoms with Crippen molar-refractivity contribution in [2.45, 2.75) is 26.3 Å². The number of ketones is 1. The van der Waals surface area contributed by atoms with Crippen molar-refractivity contribution in [1.82, 2.24) is 9.80 Å². The number of benzene rings is 2. The van der Waals surface area contributed by atoms with Crippen LogP contribution < -0.4 is 9.47 Å². The third-order valence-electron chi connectivity index (χ3n) is 5.74. The van der Waals surface area contributed by atoms with E-state index in [-0.39, 0.29) is 11.3 Å². The Hall–Kier alpha value is -3.32. The maximum atomic E-state index is 13.1. The standard InChI is InChI=1S/C26H32N2O5/c1-6-33-20-12-13-21(17(2)16-20)24(29)22-23(18-8-10-19(32-5)11-9-18)28(26(31)25(22)30)15-7-14-27(3)4/h8-13,16,23,29H,6-7,14-15H2,1-5H3/b24-22+. The highest BCUT2D eigenvalue weighted by Gasteiger charge is 2.45. The van der Waals surface area contributed by atoms with E-state index in [2.05, 4.69) is 0 Å². The zero-order valence-corrected chi connectivity index (χ0v) is 19.9. The first-order valence-corrected chi connectivity index (χ1v) is 11.1. The van der Waals surface area contributed by atoms with Gasteiger partial charge in [-0.15, -0.1) is 0 Å². The predicted molar refractivity (Wildman–Crippen MR) is 128 cm³/mol. The van der Waals surface area contributed by atoms with Gasteiger partial charge in [0.2, 0.25) is 0 Å². The highest BCUT2D eigenvalue weighted by Crippen LogP contribution is 2.40. The molecule has 2 aromatic carbocycles. The third kappa shape index (κ3) is 5.20. The average molecular weight is 453 g/mol. The van der Waals surface area contributed by atoms with Gasteiger partial charge in [0, 0.05) is 12.1 Å². The van der Waals surface area contributed by atoms with Gasteiger partial charge >= 0.3 is 0 Å². The highest BCUT2D eigenvalue weighted by molar-refractivity contribution is 6.46. The minimum absolute atomic E-state index is 0.0993. The quantitative estimate of drug-likeness (QED) is 0.354. The lowest BCUT2D eigenvalue weighted by Gasteiger charge is -2.26. The van der Waals surface area contributed by atoms with Gasteiger partial charge in [-0.2, -0.15) is 0 Å². The van der Waals surface area contributed by atoms with Crippen molar-refractivity contribution in [3.8, 4) is 11.5 Å². The first-order valence-electron chi connectivity index (χ1n) is 11.1. The number of aliphatic hydroxyl groups is 1. The van der Waals surface area contributed by atoms with Gasteiger partial charge < -0.3 is 24.4 Å². The first kappa shape index (κ1) is 24.3. The molecule has 1 amide bonds. The number of hydrogen-bond acceptors (Lipinski definition) is 6. The molecule has 0 bridgehead atoms. The average Bonchev–Trinajstić information content (AvgIpc) is 3.04. The van der Waals surface area contributed by atoms with Crippen LogP contribution in [0, 0.1) is 6.92 Å². The van der Waals surface area contributed by atoms with E-state index in [1.54, 1.807) is 36.3 Å². The van der Waals surface area contributed by atoms with Crippen LogP contribution in [0.25, 0.3) is 5.76 Å². The lowest BCUT2D eigenvalue weighted by atomic mass is 9.93. The van der Waals surface area contributed by atoms with Crippen LogP contribution in [0.4, 0.5) is 0 Å². The summed E-state index contributed by atoms with van der Waals surface area (Å²) in [6.45, 7) is 5.44.